The van der Waals surface area contributed by atoms with Crippen molar-refractivity contribution in [3.05, 3.63) is 323 Å². The van der Waals surface area contributed by atoms with E-state index in [0.29, 0.717) is 49.1 Å². The van der Waals surface area contributed by atoms with Crippen molar-refractivity contribution < 1.29 is 86.1 Å². The Kier molecular flexibility index (Phi) is 41.8. The molecule has 3 aliphatic carbocycles. The first-order valence-corrected chi connectivity index (χ1v) is 44.0. The first-order valence-electron chi connectivity index (χ1n) is 36.1. The molecule has 37 heteroatoms. The molecule has 7 heterocycles. The van der Waals surface area contributed by atoms with Gasteiger partial charge in [0.25, 0.3) is 18.1 Å². The van der Waals surface area contributed by atoms with Gasteiger partial charge < -0.3 is 59.0 Å². The number of ketones is 3. The zero-order chi connectivity index (χ0) is 91.1. The Labute approximate surface area is 767 Å². The molecule has 0 spiro atoms. The van der Waals surface area contributed by atoms with E-state index in [1.807, 2.05) is 103 Å². The van der Waals surface area contributed by atoms with E-state index < -0.39 is 54.2 Å². The van der Waals surface area contributed by atoms with Gasteiger partial charge in [-0.15, -0.1) is 0 Å². The van der Waals surface area contributed by atoms with Crippen molar-refractivity contribution in [2.24, 2.45) is 0 Å². The summed E-state index contributed by atoms with van der Waals surface area (Å²) in [5.41, 5.74) is 17.8. The van der Waals surface area contributed by atoms with Crippen molar-refractivity contribution in [3.8, 4) is 45.9 Å². The van der Waals surface area contributed by atoms with Crippen molar-refractivity contribution >= 4 is 180 Å². The molecule has 15 rings (SSSR count). The summed E-state index contributed by atoms with van der Waals surface area (Å²) in [5, 5.41) is 34.6. The third-order valence-corrected chi connectivity index (χ3v) is 19.0. The van der Waals surface area contributed by atoms with Crippen LogP contribution < -0.4 is 21.3 Å². The number of Topliss-reactive ketones (excluding diaryl/α,β-unsaturated/α-hetero) is 1. The van der Waals surface area contributed by atoms with Gasteiger partial charge in [-0.1, -0.05) is 103 Å². The number of hydrogen-bond donors (Lipinski definition) is 4. The van der Waals surface area contributed by atoms with Crippen LogP contribution in [0.5, 0.6) is 11.5 Å². The van der Waals surface area contributed by atoms with E-state index in [9.17, 15) is 38.1 Å². The fourth-order valence-electron chi connectivity index (χ4n) is 10.5. The highest BCUT2D eigenvalue weighted by atomic mass is 127. The number of esters is 4. The van der Waals surface area contributed by atoms with Crippen LogP contribution in [0.15, 0.2) is 267 Å². The quantitative estimate of drug-likeness (QED) is 0.0114. The first-order chi connectivity index (χ1) is 59.0. The predicted molar refractivity (Wildman–Crippen MR) is 488 cm³/mol. The molecule has 0 unspecified atom stereocenters. The lowest BCUT2D eigenvalue weighted by Crippen LogP contribution is -2.42. The average molecular weight is 2060 g/mol. The Bertz CT molecular complexity index is 5590. The van der Waals surface area contributed by atoms with E-state index in [1.54, 1.807) is 123 Å². The lowest BCUT2D eigenvalue weighted by atomic mass is 9.80. The SMILES string of the molecule is CC1(C)OC(=O)C(=CNc2ccncc2Br)C(=O)O1.CC1(C)OC(=O)CC(=O)O1.COC(OC)OC.N#Cc1ccc(-c2cncc3c2CC=C(I)C3=O)cc1.N#Cc1ccc(-c2cncc3c2CC=CC3=O)cc1.Nc1ccncc1Br.O=C1C=CCc2c(Br)cncc21.O=P(Cl)(Cl)Cl.[C-]#[N+]c1ccc(B(O)O)cc1.c1ccc(Oc2ccccc2)cc1. The Balaban J connectivity index is 0.000000218. The van der Waals surface area contributed by atoms with Gasteiger partial charge in [0.1, 0.15) is 17.9 Å². The van der Waals surface area contributed by atoms with Gasteiger partial charge in [-0.3, -0.25) is 53.5 Å². The Morgan fingerprint density at radius 3 is 1.40 bits per heavy atom. The largest absolute Gasteiger partial charge is 0.488 e. The number of fused-ring (bicyclic) bond motifs is 3. The van der Waals surface area contributed by atoms with Crippen LogP contribution >= 0.6 is 109 Å². The maximum Gasteiger partial charge on any atom is 0.488 e. The molecule has 28 nitrogen and oxygen atoms in total. The number of ether oxygens (including phenoxy) is 8. The lowest BCUT2D eigenvalue weighted by Gasteiger charge is -2.29. The van der Waals surface area contributed by atoms with Crippen LogP contribution in [-0.4, -0.2) is 123 Å². The Morgan fingerprint density at radius 1 is 0.573 bits per heavy atom. The number of allylic oxidation sites excluding steroid dienone is 6. The molecule has 2 saturated heterocycles. The van der Waals surface area contributed by atoms with E-state index in [2.05, 4.69) is 175 Å². The summed E-state index contributed by atoms with van der Waals surface area (Å²) in [4.78, 5) is 103. The summed E-state index contributed by atoms with van der Waals surface area (Å²) >= 11 is 25.8. The summed E-state index contributed by atoms with van der Waals surface area (Å²) in [7, 11) is 3.09. The van der Waals surface area contributed by atoms with Crippen LogP contribution in [0, 0.1) is 29.2 Å². The molecule has 0 atom stereocenters. The molecular weight excluding hydrogens is 1990 g/mol. The molecule has 0 saturated carbocycles. The van der Waals surface area contributed by atoms with E-state index in [1.165, 1.54) is 67.4 Å². The van der Waals surface area contributed by atoms with Crippen LogP contribution in [0.3, 0.4) is 0 Å². The van der Waals surface area contributed by atoms with Gasteiger partial charge in [-0.05, 0) is 229 Å². The second kappa shape index (κ2) is 51.1. The zero-order valence-corrected chi connectivity index (χ0v) is 76.8. The van der Waals surface area contributed by atoms with Crippen LogP contribution in [0.1, 0.15) is 93.0 Å². The molecule has 0 radical (unpaired) electrons. The second-order valence-corrected chi connectivity index (χ2v) is 36.2. The number of nitrogens with zero attached hydrogens (tertiary/aromatic N) is 8. The van der Waals surface area contributed by atoms with Crippen LogP contribution in [0.4, 0.5) is 17.1 Å². The molecular formula is C87H75BBr3Cl3IN10O18P. The van der Waals surface area contributed by atoms with E-state index >= 15 is 0 Å². The number of nitriles is 2. The van der Waals surface area contributed by atoms with Crippen LogP contribution in [0.2, 0.25) is 0 Å². The number of carbonyl (C=O) groups excluding carboxylic acids is 7. The molecule has 0 bridgehead atoms. The number of halogens is 7. The molecule has 638 valence electrons. The van der Waals surface area contributed by atoms with Gasteiger partial charge in [0.05, 0.1) is 48.1 Å². The summed E-state index contributed by atoms with van der Waals surface area (Å²) in [5.74, 6) is -2.98. The molecule has 5 aliphatic rings. The molecule has 5 aromatic heterocycles. The number of cyclic esters (lactones) is 4. The molecule has 5 N–H and O–H groups in total. The maximum atomic E-state index is 12.1. The highest BCUT2D eigenvalue weighted by molar-refractivity contribution is 14.1. The Morgan fingerprint density at radius 2 is 0.992 bits per heavy atom. The predicted octanol–water partition coefficient (Wildman–Crippen LogP) is 18.8. The number of nitrogens with two attached hydrogens (primary N) is 1. The first kappa shape index (κ1) is 102. The summed E-state index contributed by atoms with van der Waals surface area (Å²) in [6, 6.07) is 47.9. The van der Waals surface area contributed by atoms with Gasteiger partial charge in [0, 0.05) is 155 Å². The number of benzene rings is 5. The van der Waals surface area contributed by atoms with Gasteiger partial charge in [0.15, 0.2) is 22.8 Å². The third kappa shape index (κ3) is 34.4. The number of nitrogens with one attached hydrogen (secondary N) is 1. The number of hydrogen-bond acceptors (Lipinski definition) is 27. The van der Waals surface area contributed by atoms with Crippen LogP contribution in [0.25, 0.3) is 27.1 Å². The summed E-state index contributed by atoms with van der Waals surface area (Å²) in [6.45, 7) is 12.1. The van der Waals surface area contributed by atoms with Crippen molar-refractivity contribution in [1.82, 2.24) is 24.9 Å². The van der Waals surface area contributed by atoms with Crippen molar-refractivity contribution in [2.45, 2.75) is 71.4 Å². The van der Waals surface area contributed by atoms with Crippen molar-refractivity contribution in [2.75, 3.05) is 32.4 Å². The molecule has 2 fully saturated rings. The van der Waals surface area contributed by atoms with Gasteiger partial charge in [-0.25, -0.2) is 14.4 Å². The second-order valence-electron chi connectivity index (χ2n) is 25.8. The van der Waals surface area contributed by atoms with Crippen molar-refractivity contribution in [1.29, 1.82) is 10.5 Å². The monoisotopic (exact) mass is 2060 g/mol. The van der Waals surface area contributed by atoms with Gasteiger partial charge >= 0.3 is 36.2 Å². The number of nitrogen functional groups attached to an aromatic ring is 1. The zero-order valence-electron chi connectivity index (χ0n) is 66.8. The molecule has 5 aromatic carbocycles. The van der Waals surface area contributed by atoms with E-state index in [-0.39, 0.29) is 29.3 Å². The summed E-state index contributed by atoms with van der Waals surface area (Å²) < 4.78 is 51.4. The number of carbonyl (C=O) groups is 7. The lowest BCUT2D eigenvalue weighted by molar-refractivity contribution is -0.252. The minimum atomic E-state index is -3.22. The number of aromatic nitrogens is 5. The fraction of sp³-hybridized carbons (Fsp3) is 0.161. The fourth-order valence-corrected chi connectivity index (χ4v) is 12.1. The number of para-hydroxylation sites is 2. The van der Waals surface area contributed by atoms with Crippen LogP contribution in [-0.2, 0) is 76.2 Å². The summed E-state index contributed by atoms with van der Waals surface area (Å²) in [6.07, 6.45) is 28.7. The highest BCUT2D eigenvalue weighted by Gasteiger charge is 2.39. The van der Waals surface area contributed by atoms with Gasteiger partial charge in [0.2, 0.25) is 5.78 Å². The number of rotatable bonds is 10. The molecule has 124 heavy (non-hydrogen) atoms. The maximum absolute atomic E-state index is 12.1. The smallest absolute Gasteiger partial charge is 0.457 e. The molecule has 2 aliphatic heterocycles. The topological polar surface area (TPSA) is 405 Å². The van der Waals surface area contributed by atoms with Crippen molar-refractivity contribution in [3.63, 3.8) is 0 Å². The molecule has 0 amide bonds. The third-order valence-electron chi connectivity index (χ3n) is 16.1. The minimum Gasteiger partial charge on any atom is -0.457 e. The van der Waals surface area contributed by atoms with E-state index in [4.69, 9.17) is 47.1 Å². The highest BCUT2D eigenvalue weighted by Crippen LogP contribution is 2.61. The normalized spacial score (nSPS) is 13.5. The molecule has 10 aromatic rings. The standard InChI is InChI=1S/C16H9IN2O.C16H10N2O.C12H11BrN2O4.C12H10O.C9H6BrNO.C7H6BNO2.C6H8O4.C5H5BrN2.C4H10O3.Cl3OP/c17-15-6-5-12-13(8-19-9-14(12)16(15)20)11-3-1-10(7-18)2-4-11;17-8-11-4-6-12(7-5-11)14-9-18-10-15-13(14)2-1-3-16(15)19;1-12(2)18-10(16)7(11(17)19-12)5-15-9-3-4-14-6-8(9)13;1-3-7-11(8-4-1)13-12-9-5-2-6-10-12;10-8-5-11-4-7-6(8)2-1-3-9(7)12;1-9-7-4-2-6(3-5-7)8(10)11;1-6(2)9-4(7)3-5(8)10-6;6-4-3-8-2-1-5(4)7;1-5-4(6-2)7-3;1-5(2,3)4/h1-4,6,8-9H,5H2;1,3-7,9-10H,2H2;3-6H,1-2H3,(H,14,15);1-10H;1,3-5H,2H2;2-5,10-11H;3H2,1-2H3;1-3H,(H2,7,8);4H,1-3H3;. The number of anilines is 2. The van der Waals surface area contributed by atoms with Gasteiger partial charge in [-0.2, -0.15) is 10.5 Å². The number of methoxy groups -OCH3 is 3. The Hall–Kier alpha value is -11.3. The van der Waals surface area contributed by atoms with E-state index in [0.717, 1.165) is 87.9 Å². The minimum absolute atomic E-state index is 0.00393. The average Bonchev–Trinajstić information content (AvgIpc) is 0.787. The number of pyridine rings is 5.